The smallest absolute Gasteiger partial charge is 0.305 e. The van der Waals surface area contributed by atoms with Crippen molar-refractivity contribution in [1.82, 2.24) is 0 Å². The van der Waals surface area contributed by atoms with Crippen molar-refractivity contribution in [2.75, 3.05) is 17.6 Å². The molecule has 0 atom stereocenters. The Labute approximate surface area is 125 Å². The lowest BCUT2D eigenvalue weighted by Crippen LogP contribution is -2.18. The molecule has 0 unspecified atom stereocenters. The molecule has 1 aromatic carbocycles. The topological polar surface area (TPSA) is 72.5 Å². The van der Waals surface area contributed by atoms with Crippen LogP contribution in [0, 0.1) is 0 Å². The number of anilines is 1. The third-order valence-electron chi connectivity index (χ3n) is 2.22. The molecule has 1 rings (SSSR count). The molecular weight excluding hydrogens is 358 g/mol. The zero-order chi connectivity index (χ0) is 14.5. The molecule has 0 aromatic heterocycles. The van der Waals surface area contributed by atoms with E-state index in [9.17, 15) is 13.2 Å². The molecule has 0 heterocycles. The normalized spacial score (nSPS) is 11.1. The van der Waals surface area contributed by atoms with E-state index < -0.39 is 16.0 Å². The Morgan fingerprint density at radius 3 is 2.74 bits per heavy atom. The first-order chi connectivity index (χ1) is 8.84. The van der Waals surface area contributed by atoms with Crippen LogP contribution in [0.25, 0.3) is 0 Å². The molecule has 0 fully saturated rings. The number of benzene rings is 1. The molecule has 19 heavy (non-hydrogen) atoms. The van der Waals surface area contributed by atoms with Crippen molar-refractivity contribution in [1.29, 1.82) is 0 Å². The van der Waals surface area contributed by atoms with E-state index in [1.54, 1.807) is 18.2 Å². The molecular formula is C11H13BrClNO4S. The Morgan fingerprint density at radius 2 is 2.16 bits per heavy atom. The maximum Gasteiger partial charge on any atom is 0.305 e. The predicted molar refractivity (Wildman–Crippen MR) is 77.8 cm³/mol. The SMILES string of the molecule is COC(=O)CCCS(=O)(=O)Nc1ccc(Cl)cc1Br. The van der Waals surface area contributed by atoms with Gasteiger partial charge in [-0.25, -0.2) is 8.42 Å². The molecule has 0 aliphatic carbocycles. The summed E-state index contributed by atoms with van der Waals surface area (Å²) in [6.45, 7) is 0. The fourth-order valence-corrected chi connectivity index (χ4v) is 3.35. The van der Waals surface area contributed by atoms with E-state index in [1.807, 2.05) is 0 Å². The van der Waals surface area contributed by atoms with Gasteiger partial charge in [0.05, 0.1) is 18.6 Å². The lowest BCUT2D eigenvalue weighted by Gasteiger charge is -2.09. The van der Waals surface area contributed by atoms with Gasteiger partial charge < -0.3 is 4.74 Å². The number of sulfonamides is 1. The highest BCUT2D eigenvalue weighted by Gasteiger charge is 2.13. The second-order valence-corrected chi connectivity index (χ2v) is 6.86. The molecule has 0 saturated carbocycles. The van der Waals surface area contributed by atoms with Crippen LogP contribution in [0.1, 0.15) is 12.8 Å². The average molecular weight is 371 g/mol. The number of carbonyl (C=O) groups is 1. The number of nitrogens with one attached hydrogen (secondary N) is 1. The van der Waals surface area contributed by atoms with Crippen LogP contribution < -0.4 is 4.72 Å². The van der Waals surface area contributed by atoms with Gasteiger partial charge in [-0.2, -0.15) is 0 Å². The van der Waals surface area contributed by atoms with Crippen molar-refractivity contribution in [2.24, 2.45) is 0 Å². The van der Waals surface area contributed by atoms with E-state index in [0.717, 1.165) is 0 Å². The van der Waals surface area contributed by atoms with Gasteiger partial charge in [0.15, 0.2) is 0 Å². The second kappa shape index (κ2) is 7.12. The summed E-state index contributed by atoms with van der Waals surface area (Å²) in [6.07, 6.45) is 0.270. The van der Waals surface area contributed by atoms with E-state index >= 15 is 0 Å². The van der Waals surface area contributed by atoms with Crippen molar-refractivity contribution >= 4 is 49.2 Å². The highest BCUT2D eigenvalue weighted by atomic mass is 79.9. The number of hydrogen-bond acceptors (Lipinski definition) is 4. The quantitative estimate of drug-likeness (QED) is 0.782. The summed E-state index contributed by atoms with van der Waals surface area (Å²) in [7, 11) is -2.24. The third-order valence-corrected chi connectivity index (χ3v) is 4.47. The van der Waals surface area contributed by atoms with Crippen LogP contribution >= 0.6 is 27.5 Å². The molecule has 0 aliphatic rings. The molecule has 0 spiro atoms. The van der Waals surface area contributed by atoms with Crippen LogP contribution in [0.5, 0.6) is 0 Å². The zero-order valence-electron chi connectivity index (χ0n) is 10.2. The average Bonchev–Trinajstić information content (AvgIpc) is 2.32. The molecule has 0 amide bonds. The number of ether oxygens (including phenoxy) is 1. The number of hydrogen-bond donors (Lipinski definition) is 1. The largest absolute Gasteiger partial charge is 0.469 e. The van der Waals surface area contributed by atoms with Crippen molar-refractivity contribution in [3.05, 3.63) is 27.7 Å². The fourth-order valence-electron chi connectivity index (χ4n) is 1.30. The van der Waals surface area contributed by atoms with Gasteiger partial charge in [-0.05, 0) is 40.5 Å². The Bertz CT molecular complexity index is 562. The molecule has 1 aromatic rings. The van der Waals surface area contributed by atoms with Gasteiger partial charge in [0.1, 0.15) is 0 Å². The first-order valence-corrected chi connectivity index (χ1v) is 8.19. The number of carbonyl (C=O) groups excluding carboxylic acids is 1. The van der Waals surface area contributed by atoms with E-state index in [4.69, 9.17) is 11.6 Å². The molecule has 0 saturated heterocycles. The first kappa shape index (κ1) is 16.3. The number of rotatable bonds is 6. The van der Waals surface area contributed by atoms with E-state index in [-0.39, 0.29) is 18.6 Å². The highest BCUT2D eigenvalue weighted by molar-refractivity contribution is 9.10. The van der Waals surface area contributed by atoms with Gasteiger partial charge in [-0.15, -0.1) is 0 Å². The molecule has 1 N–H and O–H groups in total. The van der Waals surface area contributed by atoms with Crippen molar-refractivity contribution in [3.63, 3.8) is 0 Å². The van der Waals surface area contributed by atoms with E-state index in [2.05, 4.69) is 25.4 Å². The minimum absolute atomic E-state index is 0.0686. The van der Waals surface area contributed by atoms with Gasteiger partial charge in [-0.1, -0.05) is 11.6 Å². The number of methoxy groups -OCH3 is 1. The monoisotopic (exact) mass is 369 g/mol. The Hall–Kier alpha value is -0.790. The van der Waals surface area contributed by atoms with Crippen LogP contribution in [-0.2, 0) is 19.6 Å². The predicted octanol–water partition coefficient (Wildman–Crippen LogP) is 2.80. The summed E-state index contributed by atoms with van der Waals surface area (Å²) >= 11 is 8.98. The van der Waals surface area contributed by atoms with Crippen LogP contribution in [0.15, 0.2) is 22.7 Å². The summed E-state index contributed by atoms with van der Waals surface area (Å²) < 4.78 is 31.0. The Kier molecular flexibility index (Phi) is 6.09. The standard InChI is InChI=1S/C11H13BrClNO4S/c1-18-11(15)3-2-6-19(16,17)14-10-5-4-8(13)7-9(10)12/h4-5,7,14H,2-3,6H2,1H3. The van der Waals surface area contributed by atoms with Crippen LogP contribution in [0.3, 0.4) is 0 Å². The summed E-state index contributed by atoms with van der Waals surface area (Å²) in [6, 6.07) is 4.73. The van der Waals surface area contributed by atoms with E-state index in [1.165, 1.54) is 7.11 Å². The second-order valence-electron chi connectivity index (χ2n) is 3.72. The van der Waals surface area contributed by atoms with Crippen molar-refractivity contribution < 1.29 is 17.9 Å². The zero-order valence-corrected chi connectivity index (χ0v) is 13.3. The fraction of sp³-hybridized carbons (Fsp3) is 0.364. The Morgan fingerprint density at radius 1 is 1.47 bits per heavy atom. The van der Waals surface area contributed by atoms with E-state index in [0.29, 0.717) is 15.2 Å². The minimum Gasteiger partial charge on any atom is -0.469 e. The van der Waals surface area contributed by atoms with Crippen molar-refractivity contribution in [3.8, 4) is 0 Å². The van der Waals surface area contributed by atoms with Gasteiger partial charge in [0, 0.05) is 15.9 Å². The number of esters is 1. The lowest BCUT2D eigenvalue weighted by atomic mass is 10.3. The minimum atomic E-state index is -3.50. The molecule has 0 bridgehead atoms. The molecule has 8 heteroatoms. The maximum absolute atomic E-state index is 11.8. The van der Waals surface area contributed by atoms with Gasteiger partial charge in [0.25, 0.3) is 0 Å². The summed E-state index contributed by atoms with van der Waals surface area (Å²) in [5.41, 5.74) is 0.405. The maximum atomic E-state index is 11.8. The molecule has 106 valence electrons. The van der Waals surface area contributed by atoms with Gasteiger partial charge >= 0.3 is 5.97 Å². The summed E-state index contributed by atoms with van der Waals surface area (Å²) in [4.78, 5) is 10.9. The highest BCUT2D eigenvalue weighted by Crippen LogP contribution is 2.26. The van der Waals surface area contributed by atoms with Crippen LogP contribution in [0.4, 0.5) is 5.69 Å². The summed E-state index contributed by atoms with van der Waals surface area (Å²) in [5.74, 6) is -0.583. The van der Waals surface area contributed by atoms with Crippen LogP contribution in [-0.4, -0.2) is 27.2 Å². The summed E-state index contributed by atoms with van der Waals surface area (Å²) in [5, 5.41) is 0.500. The molecule has 0 aliphatic heterocycles. The lowest BCUT2D eigenvalue weighted by molar-refractivity contribution is -0.140. The molecule has 5 nitrogen and oxygen atoms in total. The van der Waals surface area contributed by atoms with Gasteiger partial charge in [-0.3, -0.25) is 9.52 Å². The van der Waals surface area contributed by atoms with Crippen molar-refractivity contribution in [2.45, 2.75) is 12.8 Å². The Balaban J connectivity index is 2.61. The molecule has 0 radical (unpaired) electrons. The van der Waals surface area contributed by atoms with Crippen LogP contribution in [0.2, 0.25) is 5.02 Å². The third kappa shape index (κ3) is 5.80. The van der Waals surface area contributed by atoms with Gasteiger partial charge in [0.2, 0.25) is 10.0 Å². The number of halogens is 2. The first-order valence-electron chi connectivity index (χ1n) is 5.36.